The van der Waals surface area contributed by atoms with Gasteiger partial charge in [-0.2, -0.15) is 5.26 Å². The molecule has 0 rings (SSSR count). The van der Waals surface area contributed by atoms with Crippen LogP contribution >= 0.6 is 0 Å². The van der Waals surface area contributed by atoms with E-state index in [4.69, 9.17) is 5.26 Å². The van der Waals surface area contributed by atoms with E-state index in [1.807, 2.05) is 0 Å². The van der Waals surface area contributed by atoms with Crippen molar-refractivity contribution in [3.63, 3.8) is 0 Å². The fourth-order valence-corrected chi connectivity index (χ4v) is 0.112. The number of carbonyl (C=O) groups is 1. The summed E-state index contributed by atoms with van der Waals surface area (Å²) in [6.45, 7) is -0.206. The van der Waals surface area contributed by atoms with E-state index in [-0.39, 0.29) is 6.54 Å². The van der Waals surface area contributed by atoms with E-state index in [9.17, 15) is 9.90 Å². The van der Waals surface area contributed by atoms with E-state index >= 15 is 0 Å². The lowest BCUT2D eigenvalue weighted by molar-refractivity contribution is 0.170. The molecule has 0 aliphatic carbocycles. The van der Waals surface area contributed by atoms with Crippen LogP contribution < -0.4 is 5.32 Å². The zero-order valence-corrected chi connectivity index (χ0v) is 3.47. The average Bonchev–Trinajstić information content (AvgIpc) is 1.61. The fourth-order valence-electron chi connectivity index (χ4n) is 0.112. The quantitative estimate of drug-likeness (QED) is 0.456. The number of nitrogens with zero attached hydrogens (tertiary/aromatic N) is 1. The van der Waals surface area contributed by atoms with Gasteiger partial charge in [-0.15, -0.1) is 0 Å². The first-order valence-electron chi connectivity index (χ1n) is 1.59. The molecule has 0 bridgehead atoms. The summed E-state index contributed by atoms with van der Waals surface area (Å²) in [5.41, 5.74) is 0. The maximum Gasteiger partial charge on any atom is 0.451 e. The van der Waals surface area contributed by atoms with Gasteiger partial charge in [-0.05, 0) is 0 Å². The standard InChI is InChI=1S/C3H3N2O2/c4-1-2-5-3(6)7/h5H,2H2. The Bertz CT molecular complexity index is 104. The lowest BCUT2D eigenvalue weighted by atomic mass is 10.7. The first kappa shape index (κ1) is 5.76. The number of rotatable bonds is 1. The van der Waals surface area contributed by atoms with Crippen LogP contribution in [0.4, 0.5) is 4.79 Å². The smallest absolute Gasteiger partial charge is 0.305 e. The molecule has 0 aromatic rings. The minimum absolute atomic E-state index is 0.206. The zero-order valence-electron chi connectivity index (χ0n) is 3.47. The topological polar surface area (TPSA) is 72.8 Å². The highest BCUT2D eigenvalue weighted by atomic mass is 16.4. The van der Waals surface area contributed by atoms with E-state index < -0.39 is 6.09 Å². The van der Waals surface area contributed by atoms with Gasteiger partial charge in [0.15, 0.2) is 0 Å². The number of amides is 1. The summed E-state index contributed by atoms with van der Waals surface area (Å²) < 4.78 is 0. The molecule has 0 aromatic heterocycles. The van der Waals surface area contributed by atoms with Crippen LogP contribution in [0.1, 0.15) is 0 Å². The van der Waals surface area contributed by atoms with E-state index in [0.29, 0.717) is 0 Å². The van der Waals surface area contributed by atoms with Crippen LogP contribution in [0.3, 0.4) is 0 Å². The van der Waals surface area contributed by atoms with Crippen LogP contribution in [0.25, 0.3) is 0 Å². The van der Waals surface area contributed by atoms with Gasteiger partial charge in [0, 0.05) is 0 Å². The van der Waals surface area contributed by atoms with Crippen molar-refractivity contribution in [2.45, 2.75) is 0 Å². The van der Waals surface area contributed by atoms with E-state index in [2.05, 4.69) is 0 Å². The van der Waals surface area contributed by atoms with Crippen molar-refractivity contribution in [1.82, 2.24) is 5.32 Å². The molecule has 4 heteroatoms. The van der Waals surface area contributed by atoms with Gasteiger partial charge in [0.25, 0.3) is 0 Å². The average molecular weight is 99.1 g/mol. The number of hydrogen-bond donors (Lipinski definition) is 1. The largest absolute Gasteiger partial charge is 0.451 e. The van der Waals surface area contributed by atoms with Crippen LogP contribution in [-0.4, -0.2) is 12.6 Å². The Morgan fingerprint density at radius 1 is 1.86 bits per heavy atom. The SMILES string of the molecule is N#CCNC([O])=O. The first-order valence-corrected chi connectivity index (χ1v) is 1.59. The second-order valence-corrected chi connectivity index (χ2v) is 0.799. The molecule has 1 N–H and O–H groups in total. The molecule has 0 saturated carbocycles. The highest BCUT2D eigenvalue weighted by Crippen LogP contribution is 1.56. The molecule has 37 valence electrons. The second-order valence-electron chi connectivity index (χ2n) is 0.799. The Balaban J connectivity index is 3.02. The summed E-state index contributed by atoms with van der Waals surface area (Å²) in [5, 5.41) is 18.8. The summed E-state index contributed by atoms with van der Waals surface area (Å²) in [4.78, 5) is 9.38. The summed E-state index contributed by atoms with van der Waals surface area (Å²) in [5.74, 6) is 0. The normalized spacial score (nSPS) is 6.71. The van der Waals surface area contributed by atoms with Gasteiger partial charge in [0.1, 0.15) is 6.54 Å². The number of hydrogen-bond acceptors (Lipinski definition) is 2. The van der Waals surface area contributed by atoms with E-state index in [1.165, 1.54) is 0 Å². The molecule has 0 heterocycles. The molecule has 0 aliphatic heterocycles. The van der Waals surface area contributed by atoms with E-state index in [1.54, 1.807) is 11.4 Å². The van der Waals surface area contributed by atoms with Gasteiger partial charge in [0.05, 0.1) is 6.07 Å². The predicted molar refractivity (Wildman–Crippen MR) is 19.7 cm³/mol. The molecule has 4 nitrogen and oxygen atoms in total. The first-order chi connectivity index (χ1) is 3.27. The minimum Gasteiger partial charge on any atom is -0.305 e. The van der Waals surface area contributed by atoms with Gasteiger partial charge in [-0.1, -0.05) is 0 Å². The summed E-state index contributed by atoms with van der Waals surface area (Å²) in [6.07, 6.45) is -1.42. The van der Waals surface area contributed by atoms with E-state index in [0.717, 1.165) is 0 Å². The number of nitrogens with one attached hydrogen (secondary N) is 1. The molecule has 0 aliphatic rings. The van der Waals surface area contributed by atoms with Gasteiger partial charge in [0.2, 0.25) is 0 Å². The van der Waals surface area contributed by atoms with Crippen molar-refractivity contribution in [1.29, 1.82) is 5.26 Å². The van der Waals surface area contributed by atoms with Crippen molar-refractivity contribution in [3.05, 3.63) is 0 Å². The van der Waals surface area contributed by atoms with Crippen molar-refractivity contribution in [3.8, 4) is 6.07 Å². The predicted octanol–water partition coefficient (Wildman–Crippen LogP) is -0.350. The number of nitriles is 1. The van der Waals surface area contributed by atoms with Gasteiger partial charge < -0.3 is 5.32 Å². The van der Waals surface area contributed by atoms with Crippen molar-refractivity contribution in [2.24, 2.45) is 0 Å². The zero-order chi connectivity index (χ0) is 5.70. The van der Waals surface area contributed by atoms with Gasteiger partial charge >= 0.3 is 6.09 Å². The molecule has 1 amide bonds. The fraction of sp³-hybridized carbons (Fsp3) is 0.333. The monoisotopic (exact) mass is 99.0 g/mol. The summed E-state index contributed by atoms with van der Waals surface area (Å²) in [6, 6.07) is 1.57. The summed E-state index contributed by atoms with van der Waals surface area (Å²) in [7, 11) is 0. The lowest BCUT2D eigenvalue weighted by Crippen LogP contribution is -2.19. The van der Waals surface area contributed by atoms with Crippen molar-refractivity contribution in [2.75, 3.05) is 6.54 Å². The Hall–Kier alpha value is -1.24. The Morgan fingerprint density at radius 2 is 2.43 bits per heavy atom. The van der Waals surface area contributed by atoms with Crippen molar-refractivity contribution >= 4 is 6.09 Å². The molecule has 0 fully saturated rings. The Morgan fingerprint density at radius 3 is 2.57 bits per heavy atom. The Labute approximate surface area is 40.4 Å². The third kappa shape index (κ3) is 4.76. The lowest BCUT2D eigenvalue weighted by Gasteiger charge is -1.81. The molecule has 0 saturated heterocycles. The third-order valence-electron chi connectivity index (χ3n) is 0.312. The van der Waals surface area contributed by atoms with Gasteiger partial charge in [-0.3, -0.25) is 0 Å². The molecule has 0 spiro atoms. The summed E-state index contributed by atoms with van der Waals surface area (Å²) >= 11 is 0. The Kier molecular flexibility index (Phi) is 2.44. The molecular formula is C3H3N2O2. The number of carbonyl (C=O) groups excluding carboxylic acids is 1. The third-order valence-corrected chi connectivity index (χ3v) is 0.312. The van der Waals surface area contributed by atoms with Crippen LogP contribution in [0, 0.1) is 11.3 Å². The molecule has 0 aromatic carbocycles. The minimum atomic E-state index is -1.42. The maximum absolute atomic E-state index is 9.38. The molecule has 1 radical (unpaired) electrons. The van der Waals surface area contributed by atoms with Gasteiger partial charge in [-0.25, -0.2) is 9.90 Å². The van der Waals surface area contributed by atoms with Crippen LogP contribution in [0.5, 0.6) is 0 Å². The molecule has 0 unspecified atom stereocenters. The van der Waals surface area contributed by atoms with Crippen molar-refractivity contribution < 1.29 is 9.90 Å². The highest BCUT2D eigenvalue weighted by Gasteiger charge is 1.90. The highest BCUT2D eigenvalue weighted by molar-refractivity contribution is 5.64. The molecule has 7 heavy (non-hydrogen) atoms. The molecular weight excluding hydrogens is 96.0 g/mol. The maximum atomic E-state index is 9.38. The van der Waals surface area contributed by atoms with Crippen LogP contribution in [-0.2, 0) is 5.11 Å². The molecule has 0 atom stereocenters. The second kappa shape index (κ2) is 2.97. The van der Waals surface area contributed by atoms with Crippen LogP contribution in [0.2, 0.25) is 0 Å². The van der Waals surface area contributed by atoms with Crippen LogP contribution in [0.15, 0.2) is 0 Å².